The molecule has 82 valence electrons. The Morgan fingerprint density at radius 1 is 1.53 bits per heavy atom. The number of rotatable bonds is 4. The summed E-state index contributed by atoms with van der Waals surface area (Å²) in [6, 6.07) is 4.17. The molecule has 0 radical (unpaired) electrons. The van der Waals surface area contributed by atoms with Gasteiger partial charge in [-0.3, -0.25) is 4.79 Å². The third-order valence-electron chi connectivity index (χ3n) is 1.79. The van der Waals surface area contributed by atoms with Crippen LogP contribution in [0.25, 0.3) is 0 Å². The Balaban J connectivity index is 2.70. The van der Waals surface area contributed by atoms with Crippen LogP contribution in [0.2, 0.25) is 0 Å². The maximum atomic E-state index is 12.9. The lowest BCUT2D eigenvalue weighted by molar-refractivity contribution is 0.0584. The predicted molar refractivity (Wildman–Crippen MR) is 59.5 cm³/mol. The number of benzene rings is 1. The summed E-state index contributed by atoms with van der Waals surface area (Å²) in [7, 11) is 0. The number of hydrogen-bond donors (Lipinski definition) is 0. The van der Waals surface area contributed by atoms with E-state index in [1.807, 2.05) is 13.8 Å². The first kappa shape index (κ1) is 12.3. The number of hydrogen-bond acceptors (Lipinski definition) is 2. The first-order valence-electron chi connectivity index (χ1n) is 4.60. The van der Waals surface area contributed by atoms with Gasteiger partial charge in [0.05, 0.1) is 10.6 Å². The summed E-state index contributed by atoms with van der Waals surface area (Å²) in [6.45, 7) is 3.73. The van der Waals surface area contributed by atoms with Gasteiger partial charge in [-0.15, -0.1) is 0 Å². The van der Waals surface area contributed by atoms with Gasteiger partial charge in [-0.1, -0.05) is 0 Å². The molecular formula is C11H12BrFO2. The molecule has 0 aliphatic carbocycles. The van der Waals surface area contributed by atoms with E-state index in [-0.39, 0.29) is 28.8 Å². The third kappa shape index (κ3) is 3.72. The van der Waals surface area contributed by atoms with E-state index in [1.54, 1.807) is 0 Å². The zero-order chi connectivity index (χ0) is 11.4. The van der Waals surface area contributed by atoms with Crippen molar-refractivity contribution in [3.63, 3.8) is 0 Å². The van der Waals surface area contributed by atoms with E-state index in [1.165, 1.54) is 18.2 Å². The molecule has 0 unspecified atom stereocenters. The van der Waals surface area contributed by atoms with Crippen molar-refractivity contribution in [3.8, 4) is 0 Å². The van der Waals surface area contributed by atoms with Crippen LogP contribution in [0.1, 0.15) is 24.2 Å². The van der Waals surface area contributed by atoms with Gasteiger partial charge in [0.15, 0.2) is 5.78 Å². The molecule has 1 rings (SSSR count). The SMILES string of the molecule is CC(C)OCC(=O)c1ccc(F)c(Br)c1. The van der Waals surface area contributed by atoms with E-state index in [4.69, 9.17) is 4.74 Å². The molecule has 0 spiro atoms. The molecule has 0 saturated carbocycles. The molecule has 15 heavy (non-hydrogen) atoms. The first-order valence-corrected chi connectivity index (χ1v) is 5.40. The topological polar surface area (TPSA) is 26.3 Å². The second kappa shape index (κ2) is 5.37. The molecule has 0 fully saturated rings. The summed E-state index contributed by atoms with van der Waals surface area (Å²) >= 11 is 3.03. The third-order valence-corrected chi connectivity index (χ3v) is 2.40. The van der Waals surface area contributed by atoms with Crippen LogP contribution in [0.3, 0.4) is 0 Å². The summed E-state index contributed by atoms with van der Waals surface area (Å²) < 4.78 is 18.3. The molecule has 0 aromatic heterocycles. The van der Waals surface area contributed by atoms with E-state index in [0.29, 0.717) is 5.56 Å². The van der Waals surface area contributed by atoms with Crippen molar-refractivity contribution in [2.24, 2.45) is 0 Å². The second-order valence-corrected chi connectivity index (χ2v) is 4.27. The van der Waals surface area contributed by atoms with E-state index in [9.17, 15) is 9.18 Å². The predicted octanol–water partition coefficient (Wildman–Crippen LogP) is 3.20. The standard InChI is InChI=1S/C11H12BrFO2/c1-7(2)15-6-11(14)8-3-4-10(13)9(12)5-8/h3-5,7H,6H2,1-2H3. The van der Waals surface area contributed by atoms with Crippen molar-refractivity contribution in [1.82, 2.24) is 0 Å². The molecule has 1 aromatic carbocycles. The summed E-state index contributed by atoms with van der Waals surface area (Å²) in [5.41, 5.74) is 0.448. The van der Waals surface area contributed by atoms with E-state index in [0.717, 1.165) is 0 Å². The Morgan fingerprint density at radius 2 is 2.20 bits per heavy atom. The summed E-state index contributed by atoms with van der Waals surface area (Å²) in [5.74, 6) is -0.527. The monoisotopic (exact) mass is 274 g/mol. The molecule has 0 aliphatic rings. The first-order chi connectivity index (χ1) is 7.00. The molecule has 1 aromatic rings. The highest BCUT2D eigenvalue weighted by molar-refractivity contribution is 9.10. The van der Waals surface area contributed by atoms with E-state index < -0.39 is 0 Å². The lowest BCUT2D eigenvalue weighted by Crippen LogP contribution is -2.13. The number of ether oxygens (including phenoxy) is 1. The number of Topliss-reactive ketones (excluding diaryl/α,β-unsaturated/α-hetero) is 1. The number of halogens is 2. The van der Waals surface area contributed by atoms with Gasteiger partial charge >= 0.3 is 0 Å². The van der Waals surface area contributed by atoms with E-state index in [2.05, 4.69) is 15.9 Å². The van der Waals surface area contributed by atoms with Gasteiger partial charge in [0.25, 0.3) is 0 Å². The highest BCUT2D eigenvalue weighted by Crippen LogP contribution is 2.17. The maximum Gasteiger partial charge on any atom is 0.188 e. The smallest absolute Gasteiger partial charge is 0.188 e. The van der Waals surface area contributed by atoms with Crippen LogP contribution in [0.5, 0.6) is 0 Å². The van der Waals surface area contributed by atoms with E-state index >= 15 is 0 Å². The zero-order valence-electron chi connectivity index (χ0n) is 8.59. The van der Waals surface area contributed by atoms with Crippen LogP contribution in [0, 0.1) is 5.82 Å². The molecule has 4 heteroatoms. The summed E-state index contributed by atoms with van der Waals surface area (Å²) in [6.07, 6.45) is 0.0119. The molecule has 0 N–H and O–H groups in total. The number of carbonyl (C=O) groups is 1. The Morgan fingerprint density at radius 3 is 2.73 bits per heavy atom. The van der Waals surface area contributed by atoms with Gasteiger partial charge in [0, 0.05) is 5.56 Å². The zero-order valence-corrected chi connectivity index (χ0v) is 10.2. The average Bonchev–Trinajstić information content (AvgIpc) is 2.18. The fraction of sp³-hybridized carbons (Fsp3) is 0.364. The van der Waals surface area contributed by atoms with Crippen molar-refractivity contribution in [1.29, 1.82) is 0 Å². The van der Waals surface area contributed by atoms with Crippen LogP contribution in [-0.2, 0) is 4.74 Å². The summed E-state index contributed by atoms with van der Waals surface area (Å²) in [4.78, 5) is 11.5. The highest BCUT2D eigenvalue weighted by Gasteiger charge is 2.09. The molecule has 0 heterocycles. The molecule has 0 aliphatic heterocycles. The van der Waals surface area contributed by atoms with Crippen molar-refractivity contribution in [2.75, 3.05) is 6.61 Å². The minimum Gasteiger partial charge on any atom is -0.371 e. The van der Waals surface area contributed by atoms with Gasteiger partial charge in [-0.25, -0.2) is 4.39 Å². The lowest BCUT2D eigenvalue weighted by atomic mass is 10.1. The highest BCUT2D eigenvalue weighted by atomic mass is 79.9. The minimum atomic E-state index is -0.378. The van der Waals surface area contributed by atoms with Crippen molar-refractivity contribution in [3.05, 3.63) is 34.1 Å². The Bertz CT molecular complexity index is 364. The quantitative estimate of drug-likeness (QED) is 0.789. The largest absolute Gasteiger partial charge is 0.371 e. The van der Waals surface area contributed by atoms with Gasteiger partial charge in [0.2, 0.25) is 0 Å². The van der Waals surface area contributed by atoms with Crippen LogP contribution >= 0.6 is 15.9 Å². The number of ketones is 1. The van der Waals surface area contributed by atoms with Crippen LogP contribution in [0.15, 0.2) is 22.7 Å². The summed E-state index contributed by atoms with van der Waals surface area (Å²) in [5, 5.41) is 0. The van der Waals surface area contributed by atoms with Gasteiger partial charge < -0.3 is 4.74 Å². The maximum absolute atomic E-state index is 12.9. The fourth-order valence-electron chi connectivity index (χ4n) is 0.995. The van der Waals surface area contributed by atoms with Gasteiger partial charge in [-0.05, 0) is 48.0 Å². The Labute approximate surface area is 96.6 Å². The molecule has 0 amide bonds. The van der Waals surface area contributed by atoms with Crippen LogP contribution in [0.4, 0.5) is 4.39 Å². The lowest BCUT2D eigenvalue weighted by Gasteiger charge is -2.06. The molecule has 0 bridgehead atoms. The van der Waals surface area contributed by atoms with Crippen LogP contribution in [-0.4, -0.2) is 18.5 Å². The van der Waals surface area contributed by atoms with Gasteiger partial charge in [-0.2, -0.15) is 0 Å². The fourth-order valence-corrected chi connectivity index (χ4v) is 1.37. The Kier molecular flexibility index (Phi) is 4.42. The van der Waals surface area contributed by atoms with Crippen molar-refractivity contribution >= 4 is 21.7 Å². The minimum absolute atomic E-state index is 0.0119. The van der Waals surface area contributed by atoms with Crippen molar-refractivity contribution in [2.45, 2.75) is 20.0 Å². The van der Waals surface area contributed by atoms with Gasteiger partial charge in [0.1, 0.15) is 12.4 Å². The van der Waals surface area contributed by atoms with Crippen molar-refractivity contribution < 1.29 is 13.9 Å². The molecular weight excluding hydrogens is 263 g/mol. The molecule has 0 saturated heterocycles. The Hall–Kier alpha value is -0.740. The normalized spacial score (nSPS) is 10.7. The van der Waals surface area contributed by atoms with Crippen LogP contribution < -0.4 is 0 Å². The molecule has 0 atom stereocenters. The number of carbonyl (C=O) groups excluding carboxylic acids is 1. The second-order valence-electron chi connectivity index (χ2n) is 3.41. The molecule has 2 nitrogen and oxygen atoms in total. The average molecular weight is 275 g/mol.